The molecule has 0 saturated carbocycles. The van der Waals surface area contributed by atoms with Crippen LogP contribution >= 0.6 is 11.3 Å². The molecule has 6 aromatic rings. The molecule has 0 unspecified atom stereocenters. The van der Waals surface area contributed by atoms with E-state index >= 15 is 0 Å². The van der Waals surface area contributed by atoms with Crippen molar-refractivity contribution >= 4 is 49.3 Å². The van der Waals surface area contributed by atoms with Crippen LogP contribution in [0.5, 0.6) is 0 Å². The fraction of sp³-hybridized carbons (Fsp3) is 0.152. The van der Waals surface area contributed by atoms with Crippen molar-refractivity contribution in [2.75, 3.05) is 0 Å². The quantitative estimate of drug-likeness (QED) is 0.227. The molecule has 0 amide bonds. The number of allylic oxidation sites excluding steroid dienone is 1. The molecule has 168 valence electrons. The molecule has 0 saturated heterocycles. The number of hydrogen-bond acceptors (Lipinski definition) is 1. The molecule has 2 aromatic heterocycles. The Kier molecular flexibility index (Phi) is 3.79. The van der Waals surface area contributed by atoms with Crippen molar-refractivity contribution < 1.29 is 0 Å². The predicted molar refractivity (Wildman–Crippen MR) is 151 cm³/mol. The molecule has 0 bridgehead atoms. The van der Waals surface area contributed by atoms with E-state index in [0.29, 0.717) is 0 Å². The first-order chi connectivity index (χ1) is 17.1. The lowest BCUT2D eigenvalue weighted by Crippen LogP contribution is -2.14. The van der Waals surface area contributed by atoms with Gasteiger partial charge in [-0.3, -0.25) is 0 Å². The highest BCUT2D eigenvalue weighted by molar-refractivity contribution is 7.20. The molecule has 0 aliphatic heterocycles. The van der Waals surface area contributed by atoms with Gasteiger partial charge in [-0.2, -0.15) is 0 Å². The van der Waals surface area contributed by atoms with Crippen molar-refractivity contribution in [3.63, 3.8) is 0 Å². The number of fused-ring (bicyclic) bond motifs is 10. The van der Waals surface area contributed by atoms with Crippen LogP contribution in [-0.4, -0.2) is 4.57 Å². The van der Waals surface area contributed by atoms with E-state index in [1.165, 1.54) is 70.3 Å². The monoisotopic (exact) mass is 467 g/mol. The molecular weight excluding hydrogens is 442 g/mol. The Morgan fingerprint density at radius 2 is 1.66 bits per heavy atom. The van der Waals surface area contributed by atoms with Crippen LogP contribution in [0.15, 0.2) is 84.9 Å². The molecule has 0 N–H and O–H groups in total. The second kappa shape index (κ2) is 6.74. The van der Waals surface area contributed by atoms with Gasteiger partial charge in [-0.05, 0) is 82.5 Å². The number of rotatable bonds is 1. The summed E-state index contributed by atoms with van der Waals surface area (Å²) in [6.07, 6.45) is 6.90. The Morgan fingerprint density at radius 1 is 0.800 bits per heavy atom. The van der Waals surface area contributed by atoms with Gasteiger partial charge >= 0.3 is 0 Å². The van der Waals surface area contributed by atoms with Gasteiger partial charge in [0, 0.05) is 31.5 Å². The number of nitrogens with zero attached hydrogens (tertiary/aromatic N) is 1. The maximum atomic E-state index is 2.49. The Labute approximate surface area is 209 Å². The highest BCUT2D eigenvalue weighted by Gasteiger charge is 2.37. The van der Waals surface area contributed by atoms with Crippen LogP contribution in [0, 0.1) is 0 Å². The minimum atomic E-state index is 0.00545. The minimum absolute atomic E-state index is 0.00545. The topological polar surface area (TPSA) is 4.93 Å². The van der Waals surface area contributed by atoms with Crippen LogP contribution < -0.4 is 0 Å². The number of aryl methyl sites for hydroxylation is 1. The van der Waals surface area contributed by atoms with Crippen LogP contribution in [0.2, 0.25) is 0 Å². The largest absolute Gasteiger partial charge is 0.309 e. The molecule has 0 fully saturated rings. The van der Waals surface area contributed by atoms with Gasteiger partial charge < -0.3 is 4.57 Å². The summed E-state index contributed by atoms with van der Waals surface area (Å²) in [5.41, 5.74) is 11.0. The summed E-state index contributed by atoms with van der Waals surface area (Å²) in [5.74, 6) is 0. The average Bonchev–Trinajstić information content (AvgIpc) is 3.50. The number of para-hydroxylation sites is 1. The first-order valence-electron chi connectivity index (χ1n) is 12.5. The van der Waals surface area contributed by atoms with Gasteiger partial charge in [0.25, 0.3) is 0 Å². The maximum absolute atomic E-state index is 2.49. The van der Waals surface area contributed by atoms with E-state index in [1.807, 2.05) is 11.3 Å². The highest BCUT2D eigenvalue weighted by Crippen LogP contribution is 2.53. The summed E-state index contributed by atoms with van der Waals surface area (Å²) in [6.45, 7) is 4.73. The second-order valence-corrected chi connectivity index (χ2v) is 11.6. The standard InChI is InChI=1S/C33H25NS/c1-33(2)25-12-6-3-10-22(25)31-26(33)16-17-28-32(31)23-11-4-7-13-27(23)34(28)20-15-18-30-24(19-20)21-9-5-8-14-29(21)35-30/h3-4,6-8,10-19H,5,9H2,1-2H3. The van der Waals surface area contributed by atoms with Gasteiger partial charge in [-0.1, -0.05) is 68.5 Å². The van der Waals surface area contributed by atoms with Crippen molar-refractivity contribution in [3.8, 4) is 16.8 Å². The summed E-state index contributed by atoms with van der Waals surface area (Å²) in [5, 5.41) is 4.14. The van der Waals surface area contributed by atoms with Gasteiger partial charge in [0.2, 0.25) is 0 Å². The van der Waals surface area contributed by atoms with E-state index in [4.69, 9.17) is 0 Å². The Balaban J connectivity index is 1.49. The lowest BCUT2D eigenvalue weighted by atomic mass is 9.82. The predicted octanol–water partition coefficient (Wildman–Crippen LogP) is 9.26. The lowest BCUT2D eigenvalue weighted by Gasteiger charge is -2.21. The van der Waals surface area contributed by atoms with Crippen molar-refractivity contribution in [1.82, 2.24) is 4.57 Å². The van der Waals surface area contributed by atoms with Gasteiger partial charge in [0.05, 0.1) is 11.0 Å². The van der Waals surface area contributed by atoms with Crippen LogP contribution in [0.25, 0.3) is 54.8 Å². The number of benzene rings is 4. The zero-order valence-electron chi connectivity index (χ0n) is 19.9. The summed E-state index contributed by atoms with van der Waals surface area (Å²) in [6, 6.07) is 29.7. The maximum Gasteiger partial charge on any atom is 0.0547 e. The normalized spacial score (nSPS) is 15.6. The van der Waals surface area contributed by atoms with Crippen LogP contribution in [0.3, 0.4) is 0 Å². The van der Waals surface area contributed by atoms with Crippen molar-refractivity contribution in [2.45, 2.75) is 32.1 Å². The number of thiophene rings is 1. The Bertz CT molecular complexity index is 1870. The average molecular weight is 468 g/mol. The molecule has 2 aliphatic rings. The molecule has 4 aromatic carbocycles. The van der Waals surface area contributed by atoms with E-state index < -0.39 is 0 Å². The van der Waals surface area contributed by atoms with E-state index in [0.717, 1.165) is 12.8 Å². The van der Waals surface area contributed by atoms with E-state index in [-0.39, 0.29) is 5.41 Å². The minimum Gasteiger partial charge on any atom is -0.309 e. The van der Waals surface area contributed by atoms with Gasteiger partial charge in [-0.15, -0.1) is 11.3 Å². The summed E-state index contributed by atoms with van der Waals surface area (Å²) in [7, 11) is 0. The molecular formula is C33H25NS. The van der Waals surface area contributed by atoms with E-state index in [2.05, 4.69) is 109 Å². The van der Waals surface area contributed by atoms with Gasteiger partial charge in [0.15, 0.2) is 0 Å². The van der Waals surface area contributed by atoms with Gasteiger partial charge in [-0.25, -0.2) is 0 Å². The van der Waals surface area contributed by atoms with Crippen LogP contribution in [0.1, 0.15) is 41.8 Å². The van der Waals surface area contributed by atoms with Crippen LogP contribution in [-0.2, 0) is 11.8 Å². The fourth-order valence-corrected chi connectivity index (χ4v) is 7.80. The molecule has 1 nitrogen and oxygen atoms in total. The highest BCUT2D eigenvalue weighted by atomic mass is 32.1. The number of hydrogen-bond donors (Lipinski definition) is 0. The molecule has 0 atom stereocenters. The van der Waals surface area contributed by atoms with Crippen LogP contribution in [0.4, 0.5) is 0 Å². The lowest BCUT2D eigenvalue weighted by molar-refractivity contribution is 0.661. The molecule has 35 heavy (non-hydrogen) atoms. The van der Waals surface area contributed by atoms with Crippen molar-refractivity contribution in [1.29, 1.82) is 0 Å². The molecule has 8 rings (SSSR count). The second-order valence-electron chi connectivity index (χ2n) is 10.5. The SMILES string of the molecule is CC1(C)c2ccccc2-c2c1ccc1c2c2ccccc2n1-c1ccc2sc3c(c2c1)CCC=C3. The van der Waals surface area contributed by atoms with Gasteiger partial charge in [0.1, 0.15) is 0 Å². The zero-order valence-corrected chi connectivity index (χ0v) is 20.7. The van der Waals surface area contributed by atoms with Crippen molar-refractivity contribution in [3.05, 3.63) is 107 Å². The molecule has 0 radical (unpaired) electrons. The Hall–Kier alpha value is -3.62. The Morgan fingerprint density at radius 3 is 2.60 bits per heavy atom. The zero-order chi connectivity index (χ0) is 23.3. The molecule has 2 heteroatoms. The van der Waals surface area contributed by atoms with Crippen molar-refractivity contribution in [2.24, 2.45) is 0 Å². The summed E-state index contributed by atoms with van der Waals surface area (Å²) >= 11 is 1.93. The summed E-state index contributed by atoms with van der Waals surface area (Å²) in [4.78, 5) is 1.43. The molecule has 2 heterocycles. The smallest absolute Gasteiger partial charge is 0.0547 e. The third-order valence-electron chi connectivity index (χ3n) is 8.28. The molecule has 0 spiro atoms. The third-order valence-corrected chi connectivity index (χ3v) is 9.45. The molecule has 2 aliphatic carbocycles. The fourth-order valence-electron chi connectivity index (χ4n) is 6.64. The summed E-state index contributed by atoms with van der Waals surface area (Å²) < 4.78 is 3.88. The van der Waals surface area contributed by atoms with E-state index in [9.17, 15) is 0 Å². The van der Waals surface area contributed by atoms with E-state index in [1.54, 1.807) is 0 Å². The first-order valence-corrected chi connectivity index (χ1v) is 13.3. The first kappa shape index (κ1) is 19.7. The third kappa shape index (κ3) is 2.48. The number of aromatic nitrogens is 1.